The minimum atomic E-state index is -0.795. The SMILES string of the molecule is CC1=CCCC(=O)C(C)(C)C1=O. The van der Waals surface area contributed by atoms with Crippen molar-refractivity contribution >= 4 is 11.6 Å². The number of allylic oxidation sites excluding steroid dienone is 2. The van der Waals surface area contributed by atoms with Crippen LogP contribution >= 0.6 is 0 Å². The van der Waals surface area contributed by atoms with Crippen LogP contribution in [0, 0.1) is 5.41 Å². The lowest BCUT2D eigenvalue weighted by molar-refractivity contribution is -0.136. The van der Waals surface area contributed by atoms with Crippen LogP contribution in [0.1, 0.15) is 33.6 Å². The average molecular weight is 166 g/mol. The average Bonchev–Trinajstić information content (AvgIpc) is 2.07. The second-order valence-corrected chi connectivity index (χ2v) is 3.80. The lowest BCUT2D eigenvalue weighted by atomic mass is 9.81. The molecule has 0 saturated heterocycles. The van der Waals surface area contributed by atoms with E-state index in [1.54, 1.807) is 20.8 Å². The molecule has 2 heteroatoms. The first kappa shape index (κ1) is 9.17. The zero-order valence-corrected chi connectivity index (χ0v) is 7.81. The summed E-state index contributed by atoms with van der Waals surface area (Å²) in [4.78, 5) is 23.0. The fourth-order valence-corrected chi connectivity index (χ4v) is 1.44. The molecule has 0 N–H and O–H groups in total. The molecule has 66 valence electrons. The second kappa shape index (κ2) is 2.85. The van der Waals surface area contributed by atoms with Gasteiger partial charge in [0.25, 0.3) is 0 Å². The summed E-state index contributed by atoms with van der Waals surface area (Å²) in [6.07, 6.45) is 3.06. The number of carbonyl (C=O) groups excluding carboxylic acids is 2. The Morgan fingerprint density at radius 1 is 1.33 bits per heavy atom. The van der Waals surface area contributed by atoms with Crippen LogP contribution < -0.4 is 0 Å². The molecule has 0 atom stereocenters. The second-order valence-electron chi connectivity index (χ2n) is 3.80. The van der Waals surface area contributed by atoms with Crippen molar-refractivity contribution < 1.29 is 9.59 Å². The normalized spacial score (nSPS) is 23.4. The molecule has 0 fully saturated rings. The molecule has 0 unspecified atom stereocenters. The highest BCUT2D eigenvalue weighted by molar-refractivity contribution is 6.14. The maximum atomic E-state index is 11.6. The van der Waals surface area contributed by atoms with Crippen molar-refractivity contribution in [3.63, 3.8) is 0 Å². The van der Waals surface area contributed by atoms with E-state index >= 15 is 0 Å². The molecule has 0 aromatic heterocycles. The molecule has 0 bridgehead atoms. The first-order valence-electron chi connectivity index (χ1n) is 4.21. The van der Waals surface area contributed by atoms with Crippen molar-refractivity contribution in [2.24, 2.45) is 5.41 Å². The number of carbonyl (C=O) groups is 2. The fraction of sp³-hybridized carbons (Fsp3) is 0.600. The number of rotatable bonds is 0. The van der Waals surface area contributed by atoms with Gasteiger partial charge in [0.2, 0.25) is 0 Å². The third-order valence-corrected chi connectivity index (χ3v) is 2.44. The maximum Gasteiger partial charge on any atom is 0.171 e. The summed E-state index contributed by atoms with van der Waals surface area (Å²) < 4.78 is 0. The molecule has 0 heterocycles. The highest BCUT2D eigenvalue weighted by Crippen LogP contribution is 2.27. The van der Waals surface area contributed by atoms with E-state index in [4.69, 9.17) is 0 Å². The summed E-state index contributed by atoms with van der Waals surface area (Å²) in [7, 11) is 0. The summed E-state index contributed by atoms with van der Waals surface area (Å²) >= 11 is 0. The fourth-order valence-electron chi connectivity index (χ4n) is 1.44. The van der Waals surface area contributed by atoms with Gasteiger partial charge < -0.3 is 0 Å². The molecule has 0 aromatic carbocycles. The van der Waals surface area contributed by atoms with Crippen LogP contribution in [0.25, 0.3) is 0 Å². The highest BCUT2D eigenvalue weighted by Gasteiger charge is 2.36. The van der Waals surface area contributed by atoms with Crippen LogP contribution in [0.4, 0.5) is 0 Å². The van der Waals surface area contributed by atoms with E-state index in [1.807, 2.05) is 6.08 Å². The van der Waals surface area contributed by atoms with Gasteiger partial charge in [0.15, 0.2) is 5.78 Å². The number of Topliss-reactive ketones (excluding diaryl/α,β-unsaturated/α-hetero) is 2. The molecule has 12 heavy (non-hydrogen) atoms. The molecule has 0 saturated carbocycles. The molecule has 1 aliphatic carbocycles. The molecule has 0 radical (unpaired) electrons. The monoisotopic (exact) mass is 166 g/mol. The smallest absolute Gasteiger partial charge is 0.171 e. The van der Waals surface area contributed by atoms with Crippen molar-refractivity contribution in [3.05, 3.63) is 11.6 Å². The van der Waals surface area contributed by atoms with E-state index in [2.05, 4.69) is 0 Å². The van der Waals surface area contributed by atoms with E-state index in [9.17, 15) is 9.59 Å². The summed E-state index contributed by atoms with van der Waals surface area (Å²) in [6.45, 7) is 5.20. The summed E-state index contributed by atoms with van der Waals surface area (Å²) in [6, 6.07) is 0. The van der Waals surface area contributed by atoms with Gasteiger partial charge >= 0.3 is 0 Å². The first-order valence-corrected chi connectivity index (χ1v) is 4.21. The lowest BCUT2D eigenvalue weighted by Crippen LogP contribution is -2.32. The van der Waals surface area contributed by atoms with Crippen molar-refractivity contribution in [3.8, 4) is 0 Å². The number of ketones is 2. The number of hydrogen-bond acceptors (Lipinski definition) is 2. The van der Waals surface area contributed by atoms with Crippen LogP contribution in [-0.2, 0) is 9.59 Å². The summed E-state index contributed by atoms with van der Waals surface area (Å²) in [5.74, 6) is 0.0330. The Labute approximate surface area is 72.7 Å². The van der Waals surface area contributed by atoms with Gasteiger partial charge in [-0.25, -0.2) is 0 Å². The Hall–Kier alpha value is -0.920. The molecular weight excluding hydrogens is 152 g/mol. The first-order chi connectivity index (χ1) is 5.46. The van der Waals surface area contributed by atoms with Crippen LogP contribution in [0.2, 0.25) is 0 Å². The number of hydrogen-bond donors (Lipinski definition) is 0. The standard InChI is InChI=1S/C10H14O2/c1-7-5-4-6-8(11)10(2,3)9(7)12/h5H,4,6H2,1-3H3. The molecule has 0 spiro atoms. The zero-order chi connectivity index (χ0) is 9.35. The van der Waals surface area contributed by atoms with Gasteiger partial charge in [0.05, 0.1) is 5.41 Å². The summed E-state index contributed by atoms with van der Waals surface area (Å²) in [5.41, 5.74) is -0.0669. The van der Waals surface area contributed by atoms with Crippen molar-refractivity contribution in [1.82, 2.24) is 0 Å². The molecule has 1 aliphatic rings. The Kier molecular flexibility index (Phi) is 2.18. The molecule has 0 aromatic rings. The predicted octanol–water partition coefficient (Wildman–Crippen LogP) is 1.89. The van der Waals surface area contributed by atoms with Crippen molar-refractivity contribution in [2.75, 3.05) is 0 Å². The van der Waals surface area contributed by atoms with Crippen molar-refractivity contribution in [1.29, 1.82) is 0 Å². The van der Waals surface area contributed by atoms with Gasteiger partial charge in [-0.1, -0.05) is 6.08 Å². The van der Waals surface area contributed by atoms with Gasteiger partial charge in [-0.15, -0.1) is 0 Å². The lowest BCUT2D eigenvalue weighted by Gasteiger charge is -2.19. The molecule has 0 aliphatic heterocycles. The van der Waals surface area contributed by atoms with Gasteiger partial charge in [-0.2, -0.15) is 0 Å². The Morgan fingerprint density at radius 3 is 2.50 bits per heavy atom. The molecule has 1 rings (SSSR count). The molecule has 2 nitrogen and oxygen atoms in total. The highest BCUT2D eigenvalue weighted by atomic mass is 16.2. The van der Waals surface area contributed by atoms with Crippen molar-refractivity contribution in [2.45, 2.75) is 33.6 Å². The Bertz CT molecular complexity index is 259. The summed E-state index contributed by atoms with van der Waals surface area (Å²) in [5, 5.41) is 0. The van der Waals surface area contributed by atoms with E-state index in [1.165, 1.54) is 0 Å². The quantitative estimate of drug-likeness (QED) is 0.515. The molecular formula is C10H14O2. The zero-order valence-electron chi connectivity index (χ0n) is 7.81. The topological polar surface area (TPSA) is 34.1 Å². The van der Waals surface area contributed by atoms with E-state index in [0.29, 0.717) is 12.8 Å². The Balaban J connectivity index is 3.06. The molecule has 0 amide bonds. The minimum absolute atomic E-state index is 0.0231. The van der Waals surface area contributed by atoms with Crippen LogP contribution in [0.5, 0.6) is 0 Å². The van der Waals surface area contributed by atoms with Gasteiger partial charge in [0, 0.05) is 6.42 Å². The van der Waals surface area contributed by atoms with Gasteiger partial charge in [-0.3, -0.25) is 9.59 Å². The van der Waals surface area contributed by atoms with Crippen LogP contribution in [0.3, 0.4) is 0 Å². The van der Waals surface area contributed by atoms with E-state index in [0.717, 1.165) is 5.57 Å². The maximum absolute atomic E-state index is 11.6. The predicted molar refractivity (Wildman–Crippen MR) is 46.8 cm³/mol. The van der Waals surface area contributed by atoms with Gasteiger partial charge in [0.1, 0.15) is 5.78 Å². The Morgan fingerprint density at radius 2 is 1.92 bits per heavy atom. The van der Waals surface area contributed by atoms with Crippen LogP contribution in [0.15, 0.2) is 11.6 Å². The third-order valence-electron chi connectivity index (χ3n) is 2.44. The van der Waals surface area contributed by atoms with E-state index < -0.39 is 5.41 Å². The van der Waals surface area contributed by atoms with Crippen LogP contribution in [-0.4, -0.2) is 11.6 Å². The van der Waals surface area contributed by atoms with E-state index in [-0.39, 0.29) is 11.6 Å². The van der Waals surface area contributed by atoms with Gasteiger partial charge in [-0.05, 0) is 32.8 Å². The minimum Gasteiger partial charge on any atom is -0.299 e. The largest absolute Gasteiger partial charge is 0.299 e. The third kappa shape index (κ3) is 1.33.